The number of nitrogens with zero attached hydrogens (tertiary/aromatic N) is 4. The molecule has 0 saturated carbocycles. The van der Waals surface area contributed by atoms with E-state index in [1.54, 1.807) is 18.2 Å². The van der Waals surface area contributed by atoms with Crippen molar-refractivity contribution < 1.29 is 22.4 Å². The molecule has 2 heterocycles. The molecule has 140 valence electrons. The molecule has 0 aliphatic heterocycles. The number of carbonyl (C=O) groups excluding carboxylic acids is 1. The van der Waals surface area contributed by atoms with Crippen LogP contribution in [0.2, 0.25) is 0 Å². The number of hydrogen-bond acceptors (Lipinski definition) is 5. The van der Waals surface area contributed by atoms with Crippen LogP contribution >= 0.6 is 11.3 Å². The third-order valence-corrected chi connectivity index (χ3v) is 5.00. The van der Waals surface area contributed by atoms with Gasteiger partial charge in [0.15, 0.2) is 5.69 Å². The van der Waals surface area contributed by atoms with Crippen LogP contribution in [-0.2, 0) is 19.0 Å². The Balaban J connectivity index is 1.66. The molecule has 0 atom stereocenters. The van der Waals surface area contributed by atoms with Crippen LogP contribution in [0.4, 0.5) is 22.7 Å². The predicted octanol–water partition coefficient (Wildman–Crippen LogP) is 3.62. The molecule has 0 fully saturated rings. The summed E-state index contributed by atoms with van der Waals surface area (Å²) in [6, 6.07) is 6.03. The van der Waals surface area contributed by atoms with E-state index in [1.807, 2.05) is 0 Å². The fourth-order valence-corrected chi connectivity index (χ4v) is 3.59. The van der Waals surface area contributed by atoms with Crippen molar-refractivity contribution in [1.29, 1.82) is 0 Å². The van der Waals surface area contributed by atoms with Crippen LogP contribution < -0.4 is 5.32 Å². The van der Waals surface area contributed by atoms with Crippen molar-refractivity contribution in [3.8, 4) is 5.69 Å². The lowest BCUT2D eigenvalue weighted by atomic mass is 10.2. The van der Waals surface area contributed by atoms with Crippen LogP contribution in [-0.4, -0.2) is 25.9 Å². The SMILES string of the molecule is O=C(Nc1nnc(C(F)(F)F)s1)c1nn(-c2ccccc2F)c2c1CCC2. The Morgan fingerprint density at radius 1 is 1.19 bits per heavy atom. The number of aromatic nitrogens is 4. The lowest BCUT2D eigenvalue weighted by Gasteiger charge is -2.06. The normalized spacial score (nSPS) is 13.6. The highest BCUT2D eigenvalue weighted by Gasteiger charge is 2.36. The zero-order chi connectivity index (χ0) is 19.2. The molecule has 0 saturated heterocycles. The number of rotatable bonds is 3. The summed E-state index contributed by atoms with van der Waals surface area (Å²) in [6.45, 7) is 0. The molecule has 6 nitrogen and oxygen atoms in total. The lowest BCUT2D eigenvalue weighted by molar-refractivity contribution is -0.138. The van der Waals surface area contributed by atoms with Gasteiger partial charge in [0.25, 0.3) is 5.91 Å². The van der Waals surface area contributed by atoms with E-state index in [2.05, 4.69) is 20.6 Å². The number of amides is 1. The van der Waals surface area contributed by atoms with E-state index in [9.17, 15) is 22.4 Å². The standard InChI is InChI=1S/C16H11F4N5OS/c17-9-5-1-2-6-11(9)25-10-7-3-4-8(10)12(24-25)13(26)21-15-23-22-14(27-15)16(18,19)20/h1-2,5-6H,3-4,7H2,(H,21,23,26). The zero-order valence-corrected chi connectivity index (χ0v) is 14.4. The maximum Gasteiger partial charge on any atom is 0.445 e. The molecule has 3 aromatic rings. The van der Waals surface area contributed by atoms with Gasteiger partial charge in [-0.25, -0.2) is 9.07 Å². The Morgan fingerprint density at radius 2 is 1.96 bits per heavy atom. The van der Waals surface area contributed by atoms with Gasteiger partial charge >= 0.3 is 6.18 Å². The summed E-state index contributed by atoms with van der Waals surface area (Å²) in [4.78, 5) is 12.5. The van der Waals surface area contributed by atoms with Gasteiger partial charge in [-0.3, -0.25) is 10.1 Å². The van der Waals surface area contributed by atoms with E-state index in [1.165, 1.54) is 10.7 Å². The third kappa shape index (κ3) is 3.18. The Kier molecular flexibility index (Phi) is 4.17. The summed E-state index contributed by atoms with van der Waals surface area (Å²) in [5, 5.41) is 11.4. The molecule has 11 heteroatoms. The molecule has 1 aliphatic rings. The zero-order valence-electron chi connectivity index (χ0n) is 13.5. The Labute approximate surface area is 153 Å². The minimum absolute atomic E-state index is 0.0505. The first-order valence-corrected chi connectivity index (χ1v) is 8.74. The fourth-order valence-electron chi connectivity index (χ4n) is 2.99. The second kappa shape index (κ2) is 6.41. The minimum Gasteiger partial charge on any atom is -0.295 e. The summed E-state index contributed by atoms with van der Waals surface area (Å²) < 4.78 is 53.4. The molecule has 0 bridgehead atoms. The quantitative estimate of drug-likeness (QED) is 0.685. The topological polar surface area (TPSA) is 72.7 Å². The van der Waals surface area contributed by atoms with Crippen LogP contribution in [0, 0.1) is 5.82 Å². The molecule has 4 rings (SSSR count). The van der Waals surface area contributed by atoms with E-state index in [-0.39, 0.29) is 27.8 Å². The second-order valence-electron chi connectivity index (χ2n) is 5.85. The van der Waals surface area contributed by atoms with Crippen molar-refractivity contribution in [3.05, 3.63) is 52.0 Å². The average molecular weight is 397 g/mol. The summed E-state index contributed by atoms with van der Waals surface area (Å²) in [6.07, 6.45) is -2.65. The van der Waals surface area contributed by atoms with Crippen molar-refractivity contribution in [2.75, 3.05) is 5.32 Å². The van der Waals surface area contributed by atoms with E-state index < -0.39 is 22.9 Å². The number of anilines is 1. The lowest BCUT2D eigenvalue weighted by Crippen LogP contribution is -2.15. The maximum absolute atomic E-state index is 14.1. The molecular weight excluding hydrogens is 386 g/mol. The van der Waals surface area contributed by atoms with Gasteiger partial charge in [0.2, 0.25) is 10.1 Å². The number of alkyl halides is 3. The third-order valence-electron chi connectivity index (χ3n) is 4.11. The van der Waals surface area contributed by atoms with Crippen LogP contribution in [0.3, 0.4) is 0 Å². The molecule has 0 radical (unpaired) electrons. The van der Waals surface area contributed by atoms with Gasteiger partial charge in [0.05, 0.1) is 0 Å². The summed E-state index contributed by atoms with van der Waals surface area (Å²) in [5.41, 5.74) is 1.65. The van der Waals surface area contributed by atoms with Gasteiger partial charge in [-0.05, 0) is 31.4 Å². The second-order valence-corrected chi connectivity index (χ2v) is 6.83. The number of hydrogen-bond donors (Lipinski definition) is 1. The fraction of sp³-hybridized carbons (Fsp3) is 0.250. The Bertz CT molecular complexity index is 1030. The molecule has 0 unspecified atom stereocenters. The molecule has 1 N–H and O–H groups in total. The summed E-state index contributed by atoms with van der Waals surface area (Å²) in [7, 11) is 0. The van der Waals surface area contributed by atoms with Gasteiger partial charge < -0.3 is 0 Å². The van der Waals surface area contributed by atoms with Gasteiger partial charge in [0, 0.05) is 11.3 Å². The number of halogens is 4. The van der Waals surface area contributed by atoms with Crippen molar-refractivity contribution in [1.82, 2.24) is 20.0 Å². The number of benzene rings is 1. The van der Waals surface area contributed by atoms with Gasteiger partial charge in [-0.1, -0.05) is 23.5 Å². The Hall–Kier alpha value is -2.82. The molecular formula is C16H11F4N5OS. The van der Waals surface area contributed by atoms with Crippen molar-refractivity contribution in [2.45, 2.75) is 25.4 Å². The van der Waals surface area contributed by atoms with Crippen LogP contribution in [0.25, 0.3) is 5.69 Å². The molecule has 0 spiro atoms. The van der Waals surface area contributed by atoms with E-state index in [4.69, 9.17) is 0 Å². The number of para-hydroxylation sites is 1. The molecule has 2 aromatic heterocycles. The number of carbonyl (C=O) groups is 1. The largest absolute Gasteiger partial charge is 0.445 e. The molecule has 27 heavy (non-hydrogen) atoms. The number of fused-ring (bicyclic) bond motifs is 1. The van der Waals surface area contributed by atoms with Crippen LogP contribution in [0.1, 0.15) is 33.2 Å². The first-order chi connectivity index (χ1) is 12.8. The smallest absolute Gasteiger partial charge is 0.295 e. The highest BCUT2D eigenvalue weighted by Crippen LogP contribution is 2.34. The summed E-state index contributed by atoms with van der Waals surface area (Å²) >= 11 is 0.228. The molecule has 1 amide bonds. The first-order valence-electron chi connectivity index (χ1n) is 7.92. The van der Waals surface area contributed by atoms with Crippen LogP contribution in [0.15, 0.2) is 24.3 Å². The van der Waals surface area contributed by atoms with Gasteiger partial charge in [-0.2, -0.15) is 18.3 Å². The predicted molar refractivity (Wildman–Crippen MR) is 88.4 cm³/mol. The van der Waals surface area contributed by atoms with Crippen LogP contribution in [0.5, 0.6) is 0 Å². The van der Waals surface area contributed by atoms with E-state index >= 15 is 0 Å². The minimum atomic E-state index is -4.63. The average Bonchev–Trinajstić information content (AvgIpc) is 3.30. The first kappa shape index (κ1) is 17.6. The maximum atomic E-state index is 14.1. The Morgan fingerprint density at radius 3 is 2.67 bits per heavy atom. The van der Waals surface area contributed by atoms with E-state index in [0.717, 1.165) is 12.1 Å². The van der Waals surface area contributed by atoms with Gasteiger partial charge in [-0.15, -0.1) is 10.2 Å². The highest BCUT2D eigenvalue weighted by atomic mass is 32.1. The van der Waals surface area contributed by atoms with Crippen molar-refractivity contribution in [2.24, 2.45) is 0 Å². The van der Waals surface area contributed by atoms with E-state index in [0.29, 0.717) is 18.4 Å². The molecule has 1 aromatic carbocycles. The molecule has 1 aliphatic carbocycles. The van der Waals surface area contributed by atoms with Crippen molar-refractivity contribution in [3.63, 3.8) is 0 Å². The monoisotopic (exact) mass is 397 g/mol. The summed E-state index contributed by atoms with van der Waals surface area (Å²) in [5.74, 6) is -1.19. The number of nitrogens with one attached hydrogen (secondary N) is 1. The highest BCUT2D eigenvalue weighted by molar-refractivity contribution is 7.15. The van der Waals surface area contributed by atoms with Gasteiger partial charge in [0.1, 0.15) is 11.5 Å². The van der Waals surface area contributed by atoms with Crippen molar-refractivity contribution >= 4 is 22.4 Å².